The Bertz CT molecular complexity index is 1140. The molecule has 3 nitrogen and oxygen atoms in total. The van der Waals surface area contributed by atoms with Gasteiger partial charge in [0.05, 0.1) is 11.3 Å². The van der Waals surface area contributed by atoms with Crippen LogP contribution in [0.1, 0.15) is 16.7 Å². The lowest BCUT2D eigenvalue weighted by atomic mass is 10.1. The van der Waals surface area contributed by atoms with Gasteiger partial charge in [-0.3, -0.25) is 9.69 Å². The Morgan fingerprint density at radius 2 is 1.48 bits per heavy atom. The van der Waals surface area contributed by atoms with Gasteiger partial charge in [-0.05, 0) is 35.4 Å². The lowest BCUT2D eigenvalue weighted by Gasteiger charge is -2.17. The Labute approximate surface area is 181 Å². The van der Waals surface area contributed by atoms with Crippen molar-refractivity contribution in [2.45, 2.75) is 11.9 Å². The largest absolute Gasteiger partial charge is 0.416 e. The Balaban J connectivity index is 1.71. The molecule has 0 aromatic heterocycles. The Hall–Kier alpha value is -3.32. The highest BCUT2D eigenvalue weighted by Crippen LogP contribution is 2.35. The summed E-state index contributed by atoms with van der Waals surface area (Å²) in [6.07, 6.45) is -3.32. The van der Waals surface area contributed by atoms with Gasteiger partial charge in [-0.2, -0.15) is 13.2 Å². The zero-order valence-electron chi connectivity index (χ0n) is 16.2. The third-order valence-corrected chi connectivity index (χ3v) is 5.62. The molecule has 0 unspecified atom stereocenters. The highest BCUT2D eigenvalue weighted by molar-refractivity contribution is 8.13. The second kappa shape index (κ2) is 8.81. The monoisotopic (exact) mass is 438 g/mol. The van der Waals surface area contributed by atoms with E-state index < -0.39 is 17.6 Å². The average molecular weight is 438 g/mol. The number of alkyl halides is 3. The molecule has 0 atom stereocenters. The zero-order valence-corrected chi connectivity index (χ0v) is 17.0. The van der Waals surface area contributed by atoms with Crippen LogP contribution in [0, 0.1) is 0 Å². The Morgan fingerprint density at radius 3 is 2.16 bits per heavy atom. The molecule has 1 aliphatic rings. The lowest BCUT2D eigenvalue weighted by molar-refractivity contribution is -0.137. The van der Waals surface area contributed by atoms with E-state index in [4.69, 9.17) is 0 Å². The minimum Gasteiger partial charge on any atom is -0.266 e. The fourth-order valence-corrected chi connectivity index (χ4v) is 4.12. The first-order chi connectivity index (χ1) is 14.9. The molecule has 3 aromatic rings. The van der Waals surface area contributed by atoms with Gasteiger partial charge in [-0.15, -0.1) is 0 Å². The van der Waals surface area contributed by atoms with Crippen molar-refractivity contribution in [1.82, 2.24) is 0 Å². The summed E-state index contributed by atoms with van der Waals surface area (Å²) in [7, 11) is 0. The van der Waals surface area contributed by atoms with Gasteiger partial charge < -0.3 is 0 Å². The van der Waals surface area contributed by atoms with Crippen molar-refractivity contribution in [3.05, 3.63) is 107 Å². The molecular formula is C24H17F3N2OS. The van der Waals surface area contributed by atoms with Gasteiger partial charge in [-0.25, -0.2) is 4.99 Å². The van der Waals surface area contributed by atoms with Crippen LogP contribution in [0.3, 0.4) is 0 Å². The van der Waals surface area contributed by atoms with E-state index in [1.807, 2.05) is 36.4 Å². The van der Waals surface area contributed by atoms with E-state index in [0.717, 1.165) is 11.6 Å². The summed E-state index contributed by atoms with van der Waals surface area (Å²) in [4.78, 5) is 19.0. The maximum atomic E-state index is 13.4. The number of rotatable bonds is 4. The van der Waals surface area contributed by atoms with Gasteiger partial charge in [0.1, 0.15) is 5.70 Å². The summed E-state index contributed by atoms with van der Waals surface area (Å²) in [5.74, 6) is 0.113. The molecule has 0 fully saturated rings. The van der Waals surface area contributed by atoms with E-state index in [2.05, 4.69) is 4.99 Å². The van der Waals surface area contributed by atoms with E-state index >= 15 is 0 Å². The summed E-state index contributed by atoms with van der Waals surface area (Å²) < 4.78 is 40.1. The van der Waals surface area contributed by atoms with Crippen molar-refractivity contribution in [2.75, 3.05) is 4.90 Å². The molecular weight excluding hydrogens is 421 g/mol. The number of carbonyl (C=O) groups is 1. The fraction of sp³-hybridized carbons (Fsp3) is 0.0833. The summed E-state index contributed by atoms with van der Waals surface area (Å²) in [5.41, 5.74) is 0.734. The highest BCUT2D eigenvalue weighted by Gasteiger charge is 2.35. The second-order valence-corrected chi connectivity index (χ2v) is 7.70. The molecule has 1 heterocycles. The van der Waals surface area contributed by atoms with Gasteiger partial charge in [-0.1, -0.05) is 78.5 Å². The normalized spacial score (nSPS) is 15.5. The molecule has 156 valence electrons. The zero-order chi connectivity index (χ0) is 21.8. The van der Waals surface area contributed by atoms with Crippen molar-refractivity contribution in [3.8, 4) is 0 Å². The van der Waals surface area contributed by atoms with Gasteiger partial charge in [0.15, 0.2) is 5.17 Å². The summed E-state index contributed by atoms with van der Waals surface area (Å²) in [6.45, 7) is 0. The van der Waals surface area contributed by atoms with E-state index in [1.54, 1.807) is 24.3 Å². The van der Waals surface area contributed by atoms with Crippen LogP contribution in [0.5, 0.6) is 0 Å². The topological polar surface area (TPSA) is 32.7 Å². The standard InChI is InChI=1S/C24H17F3N2OS/c25-24(26,27)20-14-8-7-11-18(20)15-21-22(30)29(19-12-5-2-6-13-19)23(28-21)31-16-17-9-3-1-4-10-17/h1-15H,16H2/b21-15-. The van der Waals surface area contributed by atoms with Crippen LogP contribution >= 0.6 is 11.8 Å². The summed E-state index contributed by atoms with van der Waals surface area (Å²) in [6, 6.07) is 23.8. The molecule has 31 heavy (non-hydrogen) atoms. The van der Waals surface area contributed by atoms with Crippen molar-refractivity contribution in [3.63, 3.8) is 0 Å². The number of aliphatic imine (C=N–C) groups is 1. The van der Waals surface area contributed by atoms with Crippen LogP contribution in [-0.4, -0.2) is 11.1 Å². The first-order valence-electron chi connectivity index (χ1n) is 9.46. The number of nitrogens with zero attached hydrogens (tertiary/aromatic N) is 2. The molecule has 3 aromatic carbocycles. The third kappa shape index (κ3) is 4.72. The maximum Gasteiger partial charge on any atom is 0.416 e. The smallest absolute Gasteiger partial charge is 0.266 e. The average Bonchev–Trinajstić information content (AvgIpc) is 3.08. The summed E-state index contributed by atoms with van der Waals surface area (Å²) in [5, 5.41) is 0.427. The number of hydrogen-bond donors (Lipinski definition) is 0. The first kappa shape index (κ1) is 20.9. The molecule has 0 N–H and O–H groups in total. The SMILES string of the molecule is O=C1/C(=C/c2ccccc2C(F)(F)F)N=C(SCc2ccccc2)N1c1ccccc1. The van der Waals surface area contributed by atoms with Crippen molar-refractivity contribution >= 4 is 34.6 Å². The van der Waals surface area contributed by atoms with Crippen LogP contribution in [0.15, 0.2) is 95.6 Å². The highest BCUT2D eigenvalue weighted by atomic mass is 32.2. The first-order valence-corrected chi connectivity index (χ1v) is 10.4. The molecule has 4 rings (SSSR count). The van der Waals surface area contributed by atoms with E-state index in [0.29, 0.717) is 16.6 Å². The van der Waals surface area contributed by atoms with E-state index in [1.165, 1.54) is 40.9 Å². The number of hydrogen-bond acceptors (Lipinski definition) is 3. The van der Waals surface area contributed by atoms with Crippen LogP contribution in [0.4, 0.5) is 18.9 Å². The molecule has 0 bridgehead atoms. The maximum absolute atomic E-state index is 13.4. The van der Waals surface area contributed by atoms with Crippen LogP contribution in [0.25, 0.3) is 6.08 Å². The van der Waals surface area contributed by atoms with Crippen molar-refractivity contribution in [2.24, 2.45) is 4.99 Å². The molecule has 0 saturated carbocycles. The predicted octanol–water partition coefficient (Wildman–Crippen LogP) is 6.38. The van der Waals surface area contributed by atoms with Crippen LogP contribution in [0.2, 0.25) is 0 Å². The van der Waals surface area contributed by atoms with Gasteiger partial charge >= 0.3 is 6.18 Å². The number of thioether (sulfide) groups is 1. The molecule has 0 aliphatic carbocycles. The van der Waals surface area contributed by atoms with E-state index in [-0.39, 0.29) is 11.3 Å². The number of amides is 1. The number of para-hydroxylation sites is 1. The van der Waals surface area contributed by atoms with Crippen molar-refractivity contribution < 1.29 is 18.0 Å². The number of anilines is 1. The van der Waals surface area contributed by atoms with Gasteiger partial charge in [0.2, 0.25) is 0 Å². The number of amidine groups is 1. The quantitative estimate of drug-likeness (QED) is 0.443. The third-order valence-electron chi connectivity index (χ3n) is 4.61. The molecule has 0 saturated heterocycles. The van der Waals surface area contributed by atoms with Crippen molar-refractivity contribution in [1.29, 1.82) is 0 Å². The Morgan fingerprint density at radius 1 is 0.871 bits per heavy atom. The molecule has 1 aliphatic heterocycles. The number of carbonyl (C=O) groups excluding carboxylic acids is 1. The molecule has 1 amide bonds. The van der Waals surface area contributed by atoms with Crippen LogP contribution in [-0.2, 0) is 16.7 Å². The number of benzene rings is 3. The van der Waals surface area contributed by atoms with E-state index in [9.17, 15) is 18.0 Å². The second-order valence-electron chi connectivity index (χ2n) is 6.76. The van der Waals surface area contributed by atoms with Gasteiger partial charge in [0, 0.05) is 5.75 Å². The van der Waals surface area contributed by atoms with Crippen LogP contribution < -0.4 is 4.90 Å². The fourth-order valence-electron chi connectivity index (χ4n) is 3.15. The predicted molar refractivity (Wildman–Crippen MR) is 119 cm³/mol. The minimum atomic E-state index is -4.52. The number of halogens is 3. The Kier molecular flexibility index (Phi) is 5.95. The van der Waals surface area contributed by atoms with Gasteiger partial charge in [0.25, 0.3) is 5.91 Å². The molecule has 7 heteroatoms. The molecule has 0 radical (unpaired) electrons. The minimum absolute atomic E-state index is 0.0314. The molecule has 0 spiro atoms. The lowest BCUT2D eigenvalue weighted by Crippen LogP contribution is -2.30. The summed E-state index contributed by atoms with van der Waals surface area (Å²) >= 11 is 1.36.